The summed E-state index contributed by atoms with van der Waals surface area (Å²) in [7, 11) is 1.69. The van der Waals surface area contributed by atoms with E-state index in [0.717, 1.165) is 38.3 Å². The second kappa shape index (κ2) is 8.25. The molecule has 0 bridgehead atoms. The lowest BCUT2D eigenvalue weighted by atomic mass is 10.1. The number of methoxy groups -OCH3 is 1. The van der Waals surface area contributed by atoms with Gasteiger partial charge in [-0.1, -0.05) is 19.1 Å². The molecule has 0 saturated carbocycles. The molecule has 1 unspecified atom stereocenters. The van der Waals surface area contributed by atoms with E-state index in [1.165, 1.54) is 5.56 Å². The molecule has 0 aliphatic carbocycles. The van der Waals surface area contributed by atoms with Crippen molar-refractivity contribution in [3.63, 3.8) is 0 Å². The van der Waals surface area contributed by atoms with Crippen molar-refractivity contribution in [1.82, 2.24) is 5.32 Å². The van der Waals surface area contributed by atoms with Crippen LogP contribution in [0.4, 0.5) is 0 Å². The molecular weight excluding hydrogens is 254 g/mol. The predicted octanol–water partition coefficient (Wildman–Crippen LogP) is 2.54. The van der Waals surface area contributed by atoms with Crippen LogP contribution in [0.2, 0.25) is 0 Å². The van der Waals surface area contributed by atoms with Crippen LogP contribution >= 0.6 is 0 Å². The third-order valence-electron chi connectivity index (χ3n) is 3.61. The third kappa shape index (κ3) is 4.47. The van der Waals surface area contributed by atoms with Crippen LogP contribution in [0.5, 0.6) is 5.75 Å². The Hall–Kier alpha value is -1.10. The lowest BCUT2D eigenvalue weighted by Crippen LogP contribution is -2.30. The van der Waals surface area contributed by atoms with Crippen LogP contribution in [0.1, 0.15) is 31.4 Å². The van der Waals surface area contributed by atoms with Gasteiger partial charge in [0.15, 0.2) is 0 Å². The number of benzene rings is 1. The second-order valence-electron chi connectivity index (χ2n) is 5.03. The van der Waals surface area contributed by atoms with Crippen molar-refractivity contribution in [2.75, 3.05) is 33.5 Å². The van der Waals surface area contributed by atoms with Crippen LogP contribution < -0.4 is 10.1 Å². The summed E-state index contributed by atoms with van der Waals surface area (Å²) in [6.45, 7) is 5.34. The Bertz CT molecular complexity index is 391. The molecule has 1 aromatic rings. The standard InChI is InChI=1S/C16H25NO3/c1-3-17-16(12-20-14-7-9-19-10-8-14)13-5-4-6-15(11-13)18-2/h4-6,11,14,16-17H,3,7-10,12H2,1-2H3. The molecule has 1 saturated heterocycles. The van der Waals surface area contributed by atoms with Crippen molar-refractivity contribution in [3.05, 3.63) is 29.8 Å². The first-order chi connectivity index (χ1) is 9.83. The van der Waals surface area contributed by atoms with Crippen molar-refractivity contribution < 1.29 is 14.2 Å². The summed E-state index contributed by atoms with van der Waals surface area (Å²) >= 11 is 0. The second-order valence-corrected chi connectivity index (χ2v) is 5.03. The minimum absolute atomic E-state index is 0.206. The Morgan fingerprint density at radius 1 is 1.35 bits per heavy atom. The van der Waals surface area contributed by atoms with Crippen molar-refractivity contribution >= 4 is 0 Å². The minimum Gasteiger partial charge on any atom is -0.497 e. The molecule has 1 fully saturated rings. The summed E-state index contributed by atoms with van der Waals surface area (Å²) in [6.07, 6.45) is 2.32. The molecule has 1 aliphatic heterocycles. The van der Waals surface area contributed by atoms with E-state index in [9.17, 15) is 0 Å². The van der Waals surface area contributed by atoms with Gasteiger partial charge in [0.2, 0.25) is 0 Å². The highest BCUT2D eigenvalue weighted by Crippen LogP contribution is 2.21. The minimum atomic E-state index is 0.206. The fourth-order valence-electron chi connectivity index (χ4n) is 2.45. The van der Waals surface area contributed by atoms with Gasteiger partial charge in [0, 0.05) is 13.2 Å². The molecule has 1 atom stereocenters. The average Bonchev–Trinajstić information content (AvgIpc) is 2.52. The summed E-state index contributed by atoms with van der Waals surface area (Å²) in [5, 5.41) is 3.48. The van der Waals surface area contributed by atoms with Gasteiger partial charge in [-0.15, -0.1) is 0 Å². The van der Waals surface area contributed by atoms with E-state index in [-0.39, 0.29) is 6.04 Å². The number of ether oxygens (including phenoxy) is 3. The van der Waals surface area contributed by atoms with E-state index in [1.54, 1.807) is 7.11 Å². The van der Waals surface area contributed by atoms with Crippen molar-refractivity contribution in [2.45, 2.75) is 31.9 Å². The van der Waals surface area contributed by atoms with Crippen LogP contribution in [0.3, 0.4) is 0 Å². The van der Waals surface area contributed by atoms with E-state index in [0.29, 0.717) is 12.7 Å². The van der Waals surface area contributed by atoms with Crippen molar-refractivity contribution in [3.8, 4) is 5.75 Å². The largest absolute Gasteiger partial charge is 0.497 e. The summed E-state index contributed by atoms with van der Waals surface area (Å²) < 4.78 is 16.7. The third-order valence-corrected chi connectivity index (χ3v) is 3.61. The number of rotatable bonds is 7. The van der Waals surface area contributed by atoms with E-state index in [1.807, 2.05) is 12.1 Å². The summed E-state index contributed by atoms with van der Waals surface area (Å²) in [5.74, 6) is 0.886. The number of hydrogen-bond donors (Lipinski definition) is 1. The van der Waals surface area contributed by atoms with Gasteiger partial charge in [-0.2, -0.15) is 0 Å². The zero-order valence-electron chi connectivity index (χ0n) is 12.4. The van der Waals surface area contributed by atoms with Crippen LogP contribution in [0.25, 0.3) is 0 Å². The Kier molecular flexibility index (Phi) is 6.30. The molecule has 4 nitrogen and oxygen atoms in total. The Morgan fingerprint density at radius 3 is 2.85 bits per heavy atom. The molecule has 1 N–H and O–H groups in total. The van der Waals surface area contributed by atoms with E-state index < -0.39 is 0 Å². The Labute approximate surface area is 121 Å². The lowest BCUT2D eigenvalue weighted by molar-refractivity contribution is -0.0382. The average molecular weight is 279 g/mol. The first kappa shape index (κ1) is 15.3. The Morgan fingerprint density at radius 2 is 2.15 bits per heavy atom. The van der Waals surface area contributed by atoms with Gasteiger partial charge in [0.1, 0.15) is 5.75 Å². The molecule has 1 aromatic carbocycles. The summed E-state index contributed by atoms with van der Waals surface area (Å²) in [5.41, 5.74) is 1.21. The fraction of sp³-hybridized carbons (Fsp3) is 0.625. The van der Waals surface area contributed by atoms with Gasteiger partial charge < -0.3 is 19.5 Å². The first-order valence-electron chi connectivity index (χ1n) is 7.40. The monoisotopic (exact) mass is 279 g/mol. The SMILES string of the molecule is CCNC(COC1CCOCC1)c1cccc(OC)c1. The quantitative estimate of drug-likeness (QED) is 0.832. The molecule has 1 heterocycles. The van der Waals surface area contributed by atoms with Crippen LogP contribution in [0, 0.1) is 0 Å². The maximum absolute atomic E-state index is 6.04. The van der Waals surface area contributed by atoms with Crippen LogP contribution in [0.15, 0.2) is 24.3 Å². The van der Waals surface area contributed by atoms with Gasteiger partial charge in [0.25, 0.3) is 0 Å². The van der Waals surface area contributed by atoms with Crippen LogP contribution in [-0.2, 0) is 9.47 Å². The molecule has 2 rings (SSSR count). The first-order valence-corrected chi connectivity index (χ1v) is 7.40. The van der Waals surface area contributed by atoms with E-state index in [2.05, 4.69) is 24.4 Å². The normalized spacial score (nSPS) is 17.9. The molecular formula is C16H25NO3. The van der Waals surface area contributed by atoms with Crippen LogP contribution in [-0.4, -0.2) is 39.6 Å². The maximum atomic E-state index is 6.04. The highest BCUT2D eigenvalue weighted by atomic mass is 16.5. The molecule has 0 amide bonds. The highest BCUT2D eigenvalue weighted by Gasteiger charge is 2.17. The molecule has 112 valence electrons. The molecule has 20 heavy (non-hydrogen) atoms. The predicted molar refractivity (Wildman–Crippen MR) is 79.2 cm³/mol. The topological polar surface area (TPSA) is 39.7 Å². The van der Waals surface area contributed by atoms with Gasteiger partial charge >= 0.3 is 0 Å². The number of nitrogens with one attached hydrogen (secondary N) is 1. The number of hydrogen-bond acceptors (Lipinski definition) is 4. The van der Waals surface area contributed by atoms with Gasteiger partial charge in [-0.3, -0.25) is 0 Å². The van der Waals surface area contributed by atoms with Crippen molar-refractivity contribution in [1.29, 1.82) is 0 Å². The molecule has 1 aliphatic rings. The number of likely N-dealkylation sites (N-methyl/N-ethyl adjacent to an activating group) is 1. The molecule has 0 aromatic heterocycles. The molecule has 0 spiro atoms. The van der Waals surface area contributed by atoms with Gasteiger partial charge in [0.05, 0.1) is 25.9 Å². The summed E-state index contributed by atoms with van der Waals surface area (Å²) in [6, 6.07) is 8.38. The lowest BCUT2D eigenvalue weighted by Gasteiger charge is -2.26. The summed E-state index contributed by atoms with van der Waals surface area (Å²) in [4.78, 5) is 0. The van der Waals surface area contributed by atoms with Gasteiger partial charge in [-0.25, -0.2) is 0 Å². The highest BCUT2D eigenvalue weighted by molar-refractivity contribution is 5.30. The zero-order valence-corrected chi connectivity index (χ0v) is 12.4. The maximum Gasteiger partial charge on any atom is 0.119 e. The van der Waals surface area contributed by atoms with Gasteiger partial charge in [-0.05, 0) is 37.1 Å². The van der Waals surface area contributed by atoms with E-state index >= 15 is 0 Å². The smallest absolute Gasteiger partial charge is 0.119 e. The molecule has 0 radical (unpaired) electrons. The zero-order chi connectivity index (χ0) is 14.2. The van der Waals surface area contributed by atoms with Crippen molar-refractivity contribution in [2.24, 2.45) is 0 Å². The fourth-order valence-corrected chi connectivity index (χ4v) is 2.45. The Balaban J connectivity index is 1.94. The molecule has 4 heteroatoms. The van der Waals surface area contributed by atoms with E-state index in [4.69, 9.17) is 14.2 Å².